The van der Waals surface area contributed by atoms with Crippen molar-refractivity contribution in [3.63, 3.8) is 0 Å². The topological polar surface area (TPSA) is 96.0 Å². The molecule has 0 spiro atoms. The minimum Gasteiger partial charge on any atom is -0.373 e. The van der Waals surface area contributed by atoms with Crippen LogP contribution >= 0.6 is 0 Å². The van der Waals surface area contributed by atoms with Crippen LogP contribution in [0, 0.1) is 0 Å². The van der Waals surface area contributed by atoms with Crippen molar-refractivity contribution < 1.29 is 22.5 Å². The lowest BCUT2D eigenvalue weighted by molar-refractivity contribution is -0.119. The Morgan fingerprint density at radius 1 is 1.67 bits per heavy atom. The van der Waals surface area contributed by atoms with Gasteiger partial charge in [-0.3, -0.25) is 9.35 Å². The van der Waals surface area contributed by atoms with Crippen molar-refractivity contribution in [2.45, 2.75) is 18.9 Å². The first kappa shape index (κ1) is 9.43. The number of amides is 1. The van der Waals surface area contributed by atoms with Gasteiger partial charge in [0.15, 0.2) is 0 Å². The molecule has 0 aliphatic carbocycles. The highest BCUT2D eigenvalue weighted by molar-refractivity contribution is 7.84. The fourth-order valence-electron chi connectivity index (χ4n) is 0.722. The van der Waals surface area contributed by atoms with E-state index >= 15 is 0 Å². The van der Waals surface area contributed by atoms with Gasteiger partial charge in [-0.25, -0.2) is 4.72 Å². The predicted octanol–water partition coefficient (Wildman–Crippen LogP) is -0.916. The molecule has 1 aliphatic heterocycles. The molecule has 2 N–H and O–H groups in total. The zero-order valence-electron chi connectivity index (χ0n) is 6.19. The average Bonchev–Trinajstić information content (AvgIpc) is 2.61. The van der Waals surface area contributed by atoms with Crippen LogP contribution < -0.4 is 4.72 Å². The van der Waals surface area contributed by atoms with Crippen LogP contribution in [0.15, 0.2) is 0 Å². The summed E-state index contributed by atoms with van der Waals surface area (Å²) in [5, 5.41) is 0. The summed E-state index contributed by atoms with van der Waals surface area (Å²) in [7, 11) is -4.39. The Labute approximate surface area is 69.8 Å². The summed E-state index contributed by atoms with van der Waals surface area (Å²) >= 11 is 0. The van der Waals surface area contributed by atoms with Crippen LogP contribution in [0.25, 0.3) is 0 Å². The van der Waals surface area contributed by atoms with E-state index in [9.17, 15) is 13.2 Å². The van der Waals surface area contributed by atoms with E-state index in [-0.39, 0.29) is 12.5 Å². The highest BCUT2D eigenvalue weighted by Crippen LogP contribution is 2.14. The Kier molecular flexibility index (Phi) is 2.65. The molecule has 1 saturated heterocycles. The van der Waals surface area contributed by atoms with Gasteiger partial charge in [-0.1, -0.05) is 0 Å². The normalized spacial score (nSPS) is 21.9. The van der Waals surface area contributed by atoms with Crippen LogP contribution in [0.5, 0.6) is 0 Å². The molecule has 1 amide bonds. The summed E-state index contributed by atoms with van der Waals surface area (Å²) < 4.78 is 34.6. The molecule has 0 aromatic carbocycles. The molecule has 0 radical (unpaired) electrons. The summed E-state index contributed by atoms with van der Waals surface area (Å²) in [6.07, 6.45) is 0.614. The zero-order chi connectivity index (χ0) is 9.19. The van der Waals surface area contributed by atoms with Gasteiger partial charge in [0.1, 0.15) is 0 Å². The van der Waals surface area contributed by atoms with Crippen molar-refractivity contribution in [2.75, 3.05) is 6.61 Å². The van der Waals surface area contributed by atoms with E-state index in [0.29, 0.717) is 13.0 Å². The molecule has 1 rings (SSSR count). The molecule has 1 atom stereocenters. The molecule has 1 aliphatic rings. The summed E-state index contributed by atoms with van der Waals surface area (Å²) in [5.41, 5.74) is 0. The van der Waals surface area contributed by atoms with Crippen molar-refractivity contribution in [3.8, 4) is 0 Å². The fraction of sp³-hybridized carbons (Fsp3) is 0.800. The maximum absolute atomic E-state index is 10.7. The first-order valence-electron chi connectivity index (χ1n) is 3.37. The minimum absolute atomic E-state index is 0.0461. The number of rotatable bonds is 4. The van der Waals surface area contributed by atoms with E-state index in [2.05, 4.69) is 0 Å². The first-order chi connectivity index (χ1) is 5.47. The Morgan fingerprint density at radius 3 is 2.67 bits per heavy atom. The van der Waals surface area contributed by atoms with Crippen LogP contribution in [-0.2, 0) is 19.8 Å². The lowest BCUT2D eigenvalue weighted by atomic mass is 10.2. The average molecular weight is 195 g/mol. The van der Waals surface area contributed by atoms with Crippen LogP contribution in [-0.4, -0.2) is 31.6 Å². The van der Waals surface area contributed by atoms with Gasteiger partial charge in [-0.15, -0.1) is 0 Å². The van der Waals surface area contributed by atoms with Crippen molar-refractivity contribution in [1.82, 2.24) is 4.72 Å². The molecule has 6 nitrogen and oxygen atoms in total. The summed E-state index contributed by atoms with van der Waals surface area (Å²) in [6.45, 7) is 0.624. The summed E-state index contributed by atoms with van der Waals surface area (Å²) in [6, 6.07) is 0. The van der Waals surface area contributed by atoms with Gasteiger partial charge in [0.05, 0.1) is 12.7 Å². The third-order valence-electron chi connectivity index (χ3n) is 1.34. The summed E-state index contributed by atoms with van der Waals surface area (Å²) in [5.74, 6) is -0.715. The number of carbonyl (C=O) groups excluding carboxylic acids is 1. The van der Waals surface area contributed by atoms with Gasteiger partial charge < -0.3 is 4.74 Å². The highest BCUT2D eigenvalue weighted by atomic mass is 32.2. The molecule has 0 saturated carbocycles. The third-order valence-corrected chi connectivity index (χ3v) is 1.82. The number of ether oxygens (including phenoxy) is 1. The van der Waals surface area contributed by atoms with Crippen LogP contribution in [0.1, 0.15) is 12.8 Å². The number of hydrogen-bond acceptors (Lipinski definition) is 4. The quantitative estimate of drug-likeness (QED) is 0.447. The largest absolute Gasteiger partial charge is 0.373 e. The maximum Gasteiger partial charge on any atom is 0.359 e. The van der Waals surface area contributed by atoms with Gasteiger partial charge in [0.25, 0.3) is 0 Å². The van der Waals surface area contributed by atoms with E-state index in [1.54, 1.807) is 0 Å². The summed E-state index contributed by atoms with van der Waals surface area (Å²) in [4.78, 5) is 10.7. The molecule has 0 bridgehead atoms. The van der Waals surface area contributed by atoms with E-state index in [0.717, 1.165) is 0 Å². The smallest absolute Gasteiger partial charge is 0.359 e. The molecule has 0 aromatic heterocycles. The van der Waals surface area contributed by atoms with E-state index < -0.39 is 16.2 Å². The van der Waals surface area contributed by atoms with E-state index in [1.807, 2.05) is 0 Å². The number of hydrogen-bond donors (Lipinski definition) is 2. The van der Waals surface area contributed by atoms with E-state index in [1.165, 1.54) is 4.72 Å². The number of epoxide rings is 1. The zero-order valence-corrected chi connectivity index (χ0v) is 7.00. The molecule has 1 heterocycles. The van der Waals surface area contributed by atoms with Gasteiger partial charge in [0, 0.05) is 6.42 Å². The molecule has 0 aromatic rings. The third kappa shape index (κ3) is 4.27. The molecular formula is C5H9NO5S. The van der Waals surface area contributed by atoms with Crippen molar-refractivity contribution in [3.05, 3.63) is 0 Å². The van der Waals surface area contributed by atoms with Gasteiger partial charge in [-0.05, 0) is 6.42 Å². The van der Waals surface area contributed by atoms with Gasteiger partial charge in [-0.2, -0.15) is 8.42 Å². The Morgan fingerprint density at radius 2 is 2.25 bits per heavy atom. The van der Waals surface area contributed by atoms with Crippen LogP contribution in [0.2, 0.25) is 0 Å². The lowest BCUT2D eigenvalue weighted by Crippen LogP contribution is -2.29. The van der Waals surface area contributed by atoms with Crippen LogP contribution in [0.3, 0.4) is 0 Å². The minimum atomic E-state index is -4.39. The van der Waals surface area contributed by atoms with Crippen LogP contribution in [0.4, 0.5) is 0 Å². The Balaban J connectivity index is 2.19. The number of nitrogens with one attached hydrogen (secondary N) is 1. The lowest BCUT2D eigenvalue weighted by Gasteiger charge is -1.98. The molecule has 12 heavy (non-hydrogen) atoms. The molecule has 7 heteroatoms. The Bertz CT molecular complexity index is 268. The highest BCUT2D eigenvalue weighted by Gasteiger charge is 2.23. The molecular weight excluding hydrogens is 186 g/mol. The van der Waals surface area contributed by atoms with E-state index in [4.69, 9.17) is 9.29 Å². The second-order valence-electron chi connectivity index (χ2n) is 2.49. The maximum atomic E-state index is 10.7. The number of carbonyl (C=O) groups is 1. The van der Waals surface area contributed by atoms with Crippen molar-refractivity contribution >= 4 is 16.2 Å². The second-order valence-corrected chi connectivity index (χ2v) is 3.65. The van der Waals surface area contributed by atoms with Gasteiger partial charge in [0.2, 0.25) is 5.91 Å². The molecule has 1 unspecified atom stereocenters. The SMILES string of the molecule is O=C(CCC1CO1)NS(=O)(=O)O. The first-order valence-corrected chi connectivity index (χ1v) is 4.81. The van der Waals surface area contributed by atoms with Crippen molar-refractivity contribution in [1.29, 1.82) is 0 Å². The Hall–Kier alpha value is -0.660. The second kappa shape index (κ2) is 3.38. The standard InChI is InChI=1S/C5H9NO5S/c7-5(6-12(8,9)10)2-1-4-3-11-4/h4H,1-3H2,(H,6,7)(H,8,9,10). The predicted molar refractivity (Wildman–Crippen MR) is 38.7 cm³/mol. The van der Waals surface area contributed by atoms with Crippen molar-refractivity contribution in [2.24, 2.45) is 0 Å². The van der Waals surface area contributed by atoms with Gasteiger partial charge >= 0.3 is 10.3 Å². The molecule has 70 valence electrons. The fourth-order valence-corrected chi connectivity index (χ4v) is 1.11. The monoisotopic (exact) mass is 195 g/mol. The molecule has 1 fully saturated rings.